The van der Waals surface area contributed by atoms with E-state index in [4.69, 9.17) is 10.5 Å². The third-order valence-electron chi connectivity index (χ3n) is 2.56. The molecule has 0 aliphatic heterocycles. The second-order valence-corrected chi connectivity index (χ2v) is 4.73. The summed E-state index contributed by atoms with van der Waals surface area (Å²) in [5.74, 6) is 0.471. The summed E-state index contributed by atoms with van der Waals surface area (Å²) in [7, 11) is 0. The number of hydrogen-bond donors (Lipinski definition) is 1. The maximum atomic E-state index is 13.1. The van der Waals surface area contributed by atoms with Gasteiger partial charge in [-0.15, -0.1) is 0 Å². The van der Waals surface area contributed by atoms with Crippen molar-refractivity contribution in [3.05, 3.63) is 63.9 Å². The van der Waals surface area contributed by atoms with Gasteiger partial charge in [-0.2, -0.15) is 0 Å². The molecule has 0 atom stereocenters. The predicted octanol–water partition coefficient (Wildman–Crippen LogP) is 3.63. The molecule has 2 rings (SSSR count). The molecule has 2 aromatic rings. The maximum Gasteiger partial charge on any atom is 0.123 e. The Hall–Kier alpha value is -1.39. The lowest BCUT2D eigenvalue weighted by atomic mass is 10.2. The molecule has 0 bridgehead atoms. The van der Waals surface area contributed by atoms with E-state index < -0.39 is 0 Å². The van der Waals surface area contributed by atoms with E-state index >= 15 is 0 Å². The Kier molecular flexibility index (Phi) is 4.33. The van der Waals surface area contributed by atoms with Gasteiger partial charge in [0.15, 0.2) is 0 Å². The highest BCUT2D eigenvalue weighted by molar-refractivity contribution is 9.10. The lowest BCUT2D eigenvalue weighted by molar-refractivity contribution is 0.304. The molecule has 0 unspecified atom stereocenters. The molecule has 2 nitrogen and oxygen atoms in total. The molecule has 0 aromatic heterocycles. The number of benzene rings is 2. The molecule has 0 aliphatic carbocycles. The van der Waals surface area contributed by atoms with Crippen molar-refractivity contribution in [2.45, 2.75) is 13.2 Å². The van der Waals surface area contributed by atoms with Crippen molar-refractivity contribution in [2.75, 3.05) is 0 Å². The molecule has 0 radical (unpaired) electrons. The zero-order chi connectivity index (χ0) is 13.0. The normalized spacial score (nSPS) is 10.4. The Labute approximate surface area is 114 Å². The first-order chi connectivity index (χ1) is 8.69. The van der Waals surface area contributed by atoms with Gasteiger partial charge in [0, 0.05) is 16.6 Å². The third kappa shape index (κ3) is 3.31. The highest BCUT2D eigenvalue weighted by atomic mass is 79.9. The quantitative estimate of drug-likeness (QED) is 0.936. The molecule has 4 heteroatoms. The van der Waals surface area contributed by atoms with Crippen LogP contribution in [0.15, 0.2) is 46.9 Å². The minimum Gasteiger partial charge on any atom is -0.489 e. The summed E-state index contributed by atoms with van der Waals surface area (Å²) < 4.78 is 19.5. The van der Waals surface area contributed by atoms with Gasteiger partial charge in [0.25, 0.3) is 0 Å². The first-order valence-electron chi connectivity index (χ1n) is 5.55. The molecule has 94 valence electrons. The fraction of sp³-hybridized carbons (Fsp3) is 0.143. The Morgan fingerprint density at radius 2 is 1.83 bits per heavy atom. The summed E-state index contributed by atoms with van der Waals surface area (Å²) in [5, 5.41) is 0. The first-order valence-corrected chi connectivity index (χ1v) is 6.34. The van der Waals surface area contributed by atoms with Gasteiger partial charge in [0.2, 0.25) is 0 Å². The van der Waals surface area contributed by atoms with Gasteiger partial charge in [-0.05, 0) is 35.9 Å². The summed E-state index contributed by atoms with van der Waals surface area (Å²) >= 11 is 3.36. The molecule has 2 N–H and O–H groups in total. The zero-order valence-corrected chi connectivity index (χ0v) is 11.3. The number of halogens is 2. The molecule has 0 heterocycles. The van der Waals surface area contributed by atoms with Crippen molar-refractivity contribution in [3.63, 3.8) is 0 Å². The van der Waals surface area contributed by atoms with E-state index in [0.29, 0.717) is 13.2 Å². The van der Waals surface area contributed by atoms with E-state index in [9.17, 15) is 4.39 Å². The highest BCUT2D eigenvalue weighted by Crippen LogP contribution is 2.20. The van der Waals surface area contributed by atoms with E-state index in [1.807, 2.05) is 24.3 Å². The summed E-state index contributed by atoms with van der Waals surface area (Å²) in [6, 6.07) is 12.1. The summed E-state index contributed by atoms with van der Waals surface area (Å²) in [6.45, 7) is 0.829. The molecule has 0 amide bonds. The lowest BCUT2D eigenvalue weighted by Crippen LogP contribution is -1.99. The van der Waals surface area contributed by atoms with Crippen molar-refractivity contribution in [2.24, 2.45) is 5.73 Å². The van der Waals surface area contributed by atoms with E-state index in [2.05, 4.69) is 15.9 Å². The van der Waals surface area contributed by atoms with Crippen LogP contribution >= 0.6 is 15.9 Å². The monoisotopic (exact) mass is 309 g/mol. The van der Waals surface area contributed by atoms with Crippen LogP contribution in [0.3, 0.4) is 0 Å². The molecule has 0 fully saturated rings. The lowest BCUT2D eigenvalue weighted by Gasteiger charge is -2.08. The molecule has 0 aliphatic rings. The largest absolute Gasteiger partial charge is 0.489 e. The second kappa shape index (κ2) is 5.98. The van der Waals surface area contributed by atoms with Gasteiger partial charge in [0.05, 0.1) is 0 Å². The van der Waals surface area contributed by atoms with Gasteiger partial charge in [-0.25, -0.2) is 4.39 Å². The predicted molar refractivity (Wildman–Crippen MR) is 72.8 cm³/mol. The number of ether oxygens (including phenoxy) is 1. The third-order valence-corrected chi connectivity index (χ3v) is 3.33. The van der Waals surface area contributed by atoms with E-state index in [0.717, 1.165) is 21.3 Å². The van der Waals surface area contributed by atoms with Gasteiger partial charge < -0.3 is 10.5 Å². The van der Waals surface area contributed by atoms with Crippen LogP contribution in [0.1, 0.15) is 11.1 Å². The summed E-state index contributed by atoms with van der Waals surface area (Å²) in [5.41, 5.74) is 7.34. The standard InChI is InChI=1S/C14H13BrFNO/c15-14-6-3-12(16)7-11(14)9-18-13-4-1-10(8-17)2-5-13/h1-7H,8-9,17H2. The van der Waals surface area contributed by atoms with Crippen LogP contribution in [0, 0.1) is 5.82 Å². The van der Waals surface area contributed by atoms with Crippen LogP contribution in [0.2, 0.25) is 0 Å². The number of rotatable bonds is 4. The molecule has 18 heavy (non-hydrogen) atoms. The van der Waals surface area contributed by atoms with Crippen molar-refractivity contribution in [3.8, 4) is 5.75 Å². The Morgan fingerprint density at radius 1 is 1.11 bits per heavy atom. The fourth-order valence-corrected chi connectivity index (χ4v) is 1.90. The summed E-state index contributed by atoms with van der Waals surface area (Å²) in [4.78, 5) is 0. The Morgan fingerprint density at radius 3 is 2.50 bits per heavy atom. The van der Waals surface area contributed by atoms with E-state index in [-0.39, 0.29) is 5.82 Å². The molecule has 0 saturated carbocycles. The average Bonchev–Trinajstić information content (AvgIpc) is 2.40. The highest BCUT2D eigenvalue weighted by Gasteiger charge is 2.03. The van der Waals surface area contributed by atoms with Crippen molar-refractivity contribution >= 4 is 15.9 Å². The van der Waals surface area contributed by atoms with Crippen molar-refractivity contribution in [1.29, 1.82) is 0 Å². The van der Waals surface area contributed by atoms with Crippen LogP contribution in [0.5, 0.6) is 5.75 Å². The van der Waals surface area contributed by atoms with Crippen LogP contribution in [-0.4, -0.2) is 0 Å². The van der Waals surface area contributed by atoms with Gasteiger partial charge in [-0.1, -0.05) is 28.1 Å². The SMILES string of the molecule is NCc1ccc(OCc2cc(F)ccc2Br)cc1. The van der Waals surface area contributed by atoms with Crippen LogP contribution in [0.25, 0.3) is 0 Å². The smallest absolute Gasteiger partial charge is 0.123 e. The van der Waals surface area contributed by atoms with Crippen LogP contribution in [-0.2, 0) is 13.2 Å². The fourth-order valence-electron chi connectivity index (χ4n) is 1.54. The summed E-state index contributed by atoms with van der Waals surface area (Å²) in [6.07, 6.45) is 0. The van der Waals surface area contributed by atoms with Crippen LogP contribution < -0.4 is 10.5 Å². The zero-order valence-electron chi connectivity index (χ0n) is 9.70. The van der Waals surface area contributed by atoms with E-state index in [1.54, 1.807) is 6.07 Å². The van der Waals surface area contributed by atoms with E-state index in [1.165, 1.54) is 12.1 Å². The number of hydrogen-bond acceptors (Lipinski definition) is 2. The molecule has 0 spiro atoms. The molecular formula is C14H13BrFNO. The molecule has 2 aromatic carbocycles. The Bertz CT molecular complexity index is 528. The topological polar surface area (TPSA) is 35.2 Å². The minimum atomic E-state index is -0.268. The van der Waals surface area contributed by atoms with Crippen molar-refractivity contribution in [1.82, 2.24) is 0 Å². The second-order valence-electron chi connectivity index (χ2n) is 3.87. The molecule has 0 saturated heterocycles. The average molecular weight is 310 g/mol. The molecular weight excluding hydrogens is 297 g/mol. The maximum absolute atomic E-state index is 13.1. The first kappa shape index (κ1) is 13.1. The van der Waals surface area contributed by atoms with Gasteiger partial charge in [0.1, 0.15) is 18.2 Å². The Balaban J connectivity index is 2.04. The number of nitrogens with two attached hydrogens (primary N) is 1. The van der Waals surface area contributed by atoms with Crippen molar-refractivity contribution < 1.29 is 9.13 Å². The minimum absolute atomic E-state index is 0.268. The van der Waals surface area contributed by atoms with Crippen LogP contribution in [0.4, 0.5) is 4.39 Å². The van der Waals surface area contributed by atoms with Gasteiger partial charge in [-0.3, -0.25) is 0 Å². The van der Waals surface area contributed by atoms with Gasteiger partial charge >= 0.3 is 0 Å².